The first-order valence-corrected chi connectivity index (χ1v) is 10.7. The van der Waals surface area contributed by atoms with Gasteiger partial charge in [-0.1, -0.05) is 12.1 Å². The first-order chi connectivity index (χ1) is 12.2. The maximum absolute atomic E-state index is 12.4. The van der Waals surface area contributed by atoms with Gasteiger partial charge in [0.1, 0.15) is 0 Å². The van der Waals surface area contributed by atoms with Gasteiger partial charge in [-0.15, -0.1) is 0 Å². The lowest BCUT2D eigenvalue weighted by molar-refractivity contribution is -0.387. The molecule has 26 heavy (non-hydrogen) atoms. The number of nitro benzene ring substituents is 1. The Morgan fingerprint density at radius 2 is 1.73 bits per heavy atom. The van der Waals surface area contributed by atoms with Crippen LogP contribution >= 0.6 is 0 Å². The summed E-state index contributed by atoms with van der Waals surface area (Å²) in [5, 5.41) is 11.0. The summed E-state index contributed by atoms with van der Waals surface area (Å²) in [5.74, 6) is 0.0824. The molecule has 1 N–H and O–H groups in total. The highest BCUT2D eigenvalue weighted by Crippen LogP contribution is 2.28. The molecule has 11 heteroatoms. The maximum atomic E-state index is 12.4. The van der Waals surface area contributed by atoms with Gasteiger partial charge in [0.2, 0.25) is 10.0 Å². The minimum Gasteiger partial charge on any atom is -0.279 e. The molecule has 0 bridgehead atoms. The molecule has 0 spiro atoms. The number of nitrogens with zero attached hydrogens (tertiary/aromatic N) is 2. The molecule has 0 radical (unpaired) electrons. The molecule has 1 fully saturated rings. The van der Waals surface area contributed by atoms with E-state index in [1.54, 1.807) is 0 Å². The highest BCUT2D eigenvalue weighted by molar-refractivity contribution is 7.93. The second kappa shape index (κ2) is 6.57. The third-order valence-electron chi connectivity index (χ3n) is 3.86. The molecule has 1 heterocycles. The minimum atomic E-state index is -4.17. The van der Waals surface area contributed by atoms with Gasteiger partial charge in [-0.05, 0) is 36.8 Å². The van der Waals surface area contributed by atoms with Crippen LogP contribution in [0.25, 0.3) is 0 Å². The molecular weight excluding hydrogens is 382 g/mol. The summed E-state index contributed by atoms with van der Waals surface area (Å²) >= 11 is 0. The summed E-state index contributed by atoms with van der Waals surface area (Å²) in [6.45, 7) is 0.379. The lowest BCUT2D eigenvalue weighted by atomic mass is 10.3. The molecule has 1 aliphatic heterocycles. The summed E-state index contributed by atoms with van der Waals surface area (Å²) in [5.41, 5.74) is 0.0828. The van der Waals surface area contributed by atoms with Crippen molar-refractivity contribution in [1.82, 2.24) is 0 Å². The molecule has 2 aromatic rings. The van der Waals surface area contributed by atoms with Crippen LogP contribution in [0.4, 0.5) is 17.1 Å². The highest BCUT2D eigenvalue weighted by atomic mass is 32.2. The zero-order valence-electron chi connectivity index (χ0n) is 13.4. The van der Waals surface area contributed by atoms with E-state index in [2.05, 4.69) is 4.72 Å². The molecule has 0 amide bonds. The van der Waals surface area contributed by atoms with Crippen LogP contribution in [0, 0.1) is 10.1 Å². The van der Waals surface area contributed by atoms with Crippen molar-refractivity contribution < 1.29 is 21.8 Å². The van der Waals surface area contributed by atoms with Gasteiger partial charge in [0.05, 0.1) is 16.4 Å². The fraction of sp³-hybridized carbons (Fsp3) is 0.200. The predicted molar refractivity (Wildman–Crippen MR) is 96.1 cm³/mol. The average molecular weight is 397 g/mol. The number of nitro groups is 1. The number of rotatable bonds is 5. The number of para-hydroxylation sites is 1. The molecule has 9 nitrogen and oxygen atoms in total. The smallest absolute Gasteiger partial charge is 0.279 e. The van der Waals surface area contributed by atoms with Crippen molar-refractivity contribution in [2.45, 2.75) is 11.3 Å². The third kappa shape index (κ3) is 3.48. The van der Waals surface area contributed by atoms with Crippen LogP contribution in [0.5, 0.6) is 0 Å². The standard InChI is InChI=1S/C15H15N3O6S2/c19-18(20)14-4-1-2-5-15(14)26(23,24)16-12-6-8-13(9-7-12)17-10-3-11-25(17,21)22/h1-2,4-9,16H,3,10-11H2. The van der Waals surface area contributed by atoms with E-state index in [9.17, 15) is 26.9 Å². The Morgan fingerprint density at radius 3 is 2.31 bits per heavy atom. The summed E-state index contributed by atoms with van der Waals surface area (Å²) < 4.78 is 52.3. The van der Waals surface area contributed by atoms with Gasteiger partial charge in [-0.25, -0.2) is 16.8 Å². The second-order valence-corrected chi connectivity index (χ2v) is 9.28. The lowest BCUT2D eigenvalue weighted by Gasteiger charge is -2.17. The van der Waals surface area contributed by atoms with E-state index in [0.717, 1.165) is 12.1 Å². The molecule has 1 aliphatic rings. The Labute approximate surface area is 150 Å². The second-order valence-electron chi connectivity index (χ2n) is 5.62. The van der Waals surface area contributed by atoms with E-state index in [1.165, 1.54) is 40.7 Å². The van der Waals surface area contributed by atoms with Crippen LogP contribution < -0.4 is 9.03 Å². The summed E-state index contributed by atoms with van der Waals surface area (Å²) in [4.78, 5) is 9.81. The zero-order chi connectivity index (χ0) is 18.9. The molecule has 1 saturated heterocycles. The van der Waals surface area contributed by atoms with Crippen molar-refractivity contribution >= 4 is 37.1 Å². The molecule has 0 aliphatic carbocycles. The van der Waals surface area contributed by atoms with E-state index >= 15 is 0 Å². The van der Waals surface area contributed by atoms with Crippen molar-refractivity contribution in [2.24, 2.45) is 0 Å². The number of anilines is 2. The Hall–Kier alpha value is -2.66. The number of hydrogen-bond donors (Lipinski definition) is 1. The quantitative estimate of drug-likeness (QED) is 0.607. The first kappa shape index (κ1) is 18.1. The van der Waals surface area contributed by atoms with Crippen molar-refractivity contribution in [2.75, 3.05) is 21.3 Å². The van der Waals surface area contributed by atoms with E-state index < -0.39 is 35.6 Å². The third-order valence-corrected chi connectivity index (χ3v) is 7.16. The van der Waals surface area contributed by atoms with E-state index in [4.69, 9.17) is 0 Å². The SMILES string of the molecule is O=[N+]([O-])c1ccccc1S(=O)(=O)Nc1ccc(N2CCCS2(=O)=O)cc1. The molecule has 2 aromatic carbocycles. The maximum Gasteiger partial charge on any atom is 0.289 e. The van der Waals surface area contributed by atoms with Crippen molar-refractivity contribution in [3.8, 4) is 0 Å². The van der Waals surface area contributed by atoms with Crippen molar-refractivity contribution in [3.05, 3.63) is 58.6 Å². The fourth-order valence-electron chi connectivity index (χ4n) is 2.67. The van der Waals surface area contributed by atoms with Crippen LogP contribution in [0.2, 0.25) is 0 Å². The summed E-state index contributed by atoms with van der Waals surface area (Å²) in [7, 11) is -7.49. The van der Waals surface area contributed by atoms with Crippen LogP contribution in [-0.2, 0) is 20.0 Å². The normalized spacial score (nSPS) is 16.4. The molecule has 0 atom stereocenters. The van der Waals surface area contributed by atoms with E-state index in [-0.39, 0.29) is 11.4 Å². The minimum absolute atomic E-state index is 0.0824. The molecular formula is C15H15N3O6S2. The fourth-order valence-corrected chi connectivity index (χ4v) is 5.47. The van der Waals surface area contributed by atoms with Gasteiger partial charge in [0, 0.05) is 18.3 Å². The van der Waals surface area contributed by atoms with Crippen molar-refractivity contribution in [3.63, 3.8) is 0 Å². The predicted octanol–water partition coefficient (Wildman–Crippen LogP) is 1.94. The van der Waals surface area contributed by atoms with Crippen LogP contribution in [0.3, 0.4) is 0 Å². The van der Waals surface area contributed by atoms with Gasteiger partial charge < -0.3 is 0 Å². The molecule has 138 valence electrons. The van der Waals surface area contributed by atoms with Gasteiger partial charge in [-0.3, -0.25) is 19.1 Å². The lowest BCUT2D eigenvalue weighted by Crippen LogP contribution is -2.25. The molecule has 3 rings (SSSR count). The Bertz CT molecular complexity index is 1050. The number of hydrogen-bond acceptors (Lipinski definition) is 6. The Balaban J connectivity index is 1.86. The van der Waals surface area contributed by atoms with Gasteiger partial charge >= 0.3 is 0 Å². The summed E-state index contributed by atoms with van der Waals surface area (Å²) in [6, 6.07) is 10.8. The number of sulfonamides is 2. The van der Waals surface area contributed by atoms with Crippen molar-refractivity contribution in [1.29, 1.82) is 0 Å². The van der Waals surface area contributed by atoms with Crippen LogP contribution in [0.1, 0.15) is 6.42 Å². The Kier molecular flexibility index (Phi) is 4.59. The number of nitrogens with one attached hydrogen (secondary N) is 1. The summed E-state index contributed by atoms with van der Waals surface area (Å²) in [6.07, 6.45) is 0.536. The van der Waals surface area contributed by atoms with Gasteiger partial charge in [0.25, 0.3) is 15.7 Å². The number of benzene rings is 2. The molecule has 0 aromatic heterocycles. The zero-order valence-corrected chi connectivity index (χ0v) is 15.0. The largest absolute Gasteiger partial charge is 0.289 e. The molecule has 0 unspecified atom stereocenters. The highest BCUT2D eigenvalue weighted by Gasteiger charge is 2.29. The molecule has 0 saturated carbocycles. The van der Waals surface area contributed by atoms with Gasteiger partial charge in [0.15, 0.2) is 4.90 Å². The van der Waals surface area contributed by atoms with Crippen LogP contribution in [0.15, 0.2) is 53.4 Å². The monoisotopic (exact) mass is 397 g/mol. The van der Waals surface area contributed by atoms with Gasteiger partial charge in [-0.2, -0.15) is 0 Å². The Morgan fingerprint density at radius 1 is 1.08 bits per heavy atom. The first-order valence-electron chi connectivity index (χ1n) is 7.57. The average Bonchev–Trinajstić information content (AvgIpc) is 2.94. The van der Waals surface area contributed by atoms with Crippen LogP contribution in [-0.4, -0.2) is 34.1 Å². The van der Waals surface area contributed by atoms with E-state index in [1.807, 2.05) is 0 Å². The topological polar surface area (TPSA) is 127 Å². The van der Waals surface area contributed by atoms with E-state index in [0.29, 0.717) is 18.7 Å².